The minimum Gasteiger partial charge on any atom is -0.497 e. The van der Waals surface area contributed by atoms with Gasteiger partial charge in [-0.1, -0.05) is 68.4 Å². The summed E-state index contributed by atoms with van der Waals surface area (Å²) in [5, 5.41) is 12.0. The van der Waals surface area contributed by atoms with Crippen LogP contribution in [-0.2, 0) is 22.0 Å². The highest BCUT2D eigenvalue weighted by Crippen LogP contribution is 2.35. The smallest absolute Gasteiger partial charge is 0.232 e. The lowest BCUT2D eigenvalue weighted by Crippen LogP contribution is -2.38. The monoisotopic (exact) mass is 496 g/mol. The maximum Gasteiger partial charge on any atom is 0.232 e. The van der Waals surface area contributed by atoms with E-state index >= 15 is 0 Å². The predicted octanol–water partition coefficient (Wildman–Crippen LogP) is 4.28. The lowest BCUT2D eigenvalue weighted by molar-refractivity contribution is 0.0811. The average molecular weight is 497 g/mol. The van der Waals surface area contributed by atoms with E-state index in [1.807, 2.05) is 66.7 Å². The van der Waals surface area contributed by atoms with Crippen molar-refractivity contribution in [2.75, 3.05) is 43.8 Å². The number of benzene rings is 3. The number of hydrogen-bond donors (Lipinski definition) is 1. The van der Waals surface area contributed by atoms with Crippen molar-refractivity contribution in [3.05, 3.63) is 95.6 Å². The summed E-state index contributed by atoms with van der Waals surface area (Å²) in [7, 11) is -1.83. The number of methoxy groups -OCH3 is 1. The normalized spacial score (nSPS) is 13.4. The second-order valence-electron chi connectivity index (χ2n) is 8.66. The highest BCUT2D eigenvalue weighted by Gasteiger charge is 2.32. The van der Waals surface area contributed by atoms with Crippen LogP contribution in [0.5, 0.6) is 5.75 Å². The fourth-order valence-corrected chi connectivity index (χ4v) is 5.20. The molecule has 188 valence electrons. The summed E-state index contributed by atoms with van der Waals surface area (Å²) in [5.41, 5.74) is 1.72. The Morgan fingerprint density at radius 3 is 1.91 bits per heavy atom. The zero-order valence-corrected chi connectivity index (χ0v) is 21.8. The topological polar surface area (TPSA) is 70.1 Å². The Bertz CT molecular complexity index is 1160. The molecule has 1 atom stereocenters. The van der Waals surface area contributed by atoms with Crippen LogP contribution in [0.15, 0.2) is 78.9 Å². The molecular formula is C28H36N2O4S. The molecule has 3 aromatic carbocycles. The quantitative estimate of drug-likeness (QED) is 0.405. The van der Waals surface area contributed by atoms with Crippen LogP contribution in [-0.4, -0.2) is 58.0 Å². The van der Waals surface area contributed by atoms with Crippen molar-refractivity contribution < 1.29 is 18.3 Å². The van der Waals surface area contributed by atoms with Crippen molar-refractivity contribution in [1.82, 2.24) is 4.90 Å². The van der Waals surface area contributed by atoms with Crippen LogP contribution in [0.1, 0.15) is 30.5 Å². The molecule has 0 aliphatic carbocycles. The van der Waals surface area contributed by atoms with E-state index < -0.39 is 15.6 Å². The van der Waals surface area contributed by atoms with Crippen molar-refractivity contribution in [3.63, 3.8) is 0 Å². The Morgan fingerprint density at radius 1 is 0.829 bits per heavy atom. The zero-order chi connectivity index (χ0) is 25.5. The van der Waals surface area contributed by atoms with Gasteiger partial charge in [-0.3, -0.25) is 4.31 Å². The third kappa shape index (κ3) is 6.63. The number of nitrogens with zero attached hydrogens (tertiary/aromatic N) is 2. The molecule has 0 amide bonds. The summed E-state index contributed by atoms with van der Waals surface area (Å²) in [6.07, 6.45) is 1.59. The second kappa shape index (κ2) is 11.7. The van der Waals surface area contributed by atoms with Gasteiger partial charge < -0.3 is 14.7 Å². The van der Waals surface area contributed by atoms with Crippen LogP contribution >= 0.6 is 0 Å². The second-order valence-corrected chi connectivity index (χ2v) is 10.6. The molecular weight excluding hydrogens is 460 g/mol. The van der Waals surface area contributed by atoms with Gasteiger partial charge in [0.05, 0.1) is 19.1 Å². The van der Waals surface area contributed by atoms with Crippen molar-refractivity contribution in [1.29, 1.82) is 0 Å². The van der Waals surface area contributed by atoms with E-state index in [1.54, 1.807) is 19.2 Å². The molecule has 0 aliphatic heterocycles. The van der Waals surface area contributed by atoms with Crippen LogP contribution in [0.25, 0.3) is 0 Å². The maximum absolute atomic E-state index is 12.6. The summed E-state index contributed by atoms with van der Waals surface area (Å²) in [4.78, 5) is 2.19. The van der Waals surface area contributed by atoms with Crippen LogP contribution in [0.2, 0.25) is 0 Å². The average Bonchev–Trinajstić information content (AvgIpc) is 2.87. The highest BCUT2D eigenvalue weighted by atomic mass is 32.2. The number of aliphatic hydroxyl groups is 1. The first-order chi connectivity index (χ1) is 16.7. The molecule has 0 radical (unpaired) electrons. The summed E-state index contributed by atoms with van der Waals surface area (Å²) in [6, 6.07) is 24.4. The summed E-state index contributed by atoms with van der Waals surface area (Å²) in [5.74, 6) is 0.756. The standard InChI is InChI=1S/C28H36N2O4S/c1-5-29(6-2)20-21-30(35(4,32)33)26-16-14-25(15-17-26)28(31,24-10-8-7-9-11-24)22-23-12-18-27(34-3)19-13-23/h7-19,31H,5-6,20-22H2,1-4H3. The number of likely N-dealkylation sites (N-methyl/N-ethyl adjacent to an activating group) is 1. The molecule has 0 aromatic heterocycles. The summed E-state index contributed by atoms with van der Waals surface area (Å²) in [6.45, 7) is 6.87. The predicted molar refractivity (Wildman–Crippen MR) is 143 cm³/mol. The molecule has 0 spiro atoms. The van der Waals surface area contributed by atoms with Gasteiger partial charge >= 0.3 is 0 Å². The molecule has 1 N–H and O–H groups in total. The molecule has 0 saturated carbocycles. The van der Waals surface area contributed by atoms with Gasteiger partial charge in [0.1, 0.15) is 11.4 Å². The van der Waals surface area contributed by atoms with Crippen LogP contribution in [0.3, 0.4) is 0 Å². The van der Waals surface area contributed by atoms with Gasteiger partial charge in [-0.05, 0) is 54.0 Å². The Labute approximate surface area is 209 Å². The van der Waals surface area contributed by atoms with Gasteiger partial charge in [-0.2, -0.15) is 0 Å². The van der Waals surface area contributed by atoms with E-state index in [9.17, 15) is 13.5 Å². The molecule has 1 unspecified atom stereocenters. The van der Waals surface area contributed by atoms with E-state index in [2.05, 4.69) is 18.7 Å². The van der Waals surface area contributed by atoms with Crippen LogP contribution in [0, 0.1) is 0 Å². The van der Waals surface area contributed by atoms with Gasteiger partial charge in [-0.15, -0.1) is 0 Å². The molecule has 6 nitrogen and oxygen atoms in total. The van der Waals surface area contributed by atoms with E-state index in [0.717, 1.165) is 30.0 Å². The minimum atomic E-state index is -3.45. The van der Waals surface area contributed by atoms with Gasteiger partial charge in [0.2, 0.25) is 10.0 Å². The fraction of sp³-hybridized carbons (Fsp3) is 0.357. The maximum atomic E-state index is 12.6. The molecule has 0 bridgehead atoms. The van der Waals surface area contributed by atoms with Gasteiger partial charge in [0.15, 0.2) is 0 Å². The Kier molecular flexibility index (Phi) is 8.94. The van der Waals surface area contributed by atoms with E-state index in [-0.39, 0.29) is 0 Å². The Morgan fingerprint density at radius 2 is 1.40 bits per heavy atom. The number of ether oxygens (including phenoxy) is 1. The van der Waals surface area contributed by atoms with Crippen molar-refractivity contribution >= 4 is 15.7 Å². The first-order valence-corrected chi connectivity index (χ1v) is 13.8. The van der Waals surface area contributed by atoms with Crippen molar-refractivity contribution in [2.45, 2.75) is 25.9 Å². The zero-order valence-electron chi connectivity index (χ0n) is 21.0. The fourth-order valence-electron chi connectivity index (χ4n) is 4.29. The summed E-state index contributed by atoms with van der Waals surface area (Å²) >= 11 is 0. The first kappa shape index (κ1) is 26.7. The third-order valence-corrected chi connectivity index (χ3v) is 7.61. The number of hydrogen-bond acceptors (Lipinski definition) is 5. The van der Waals surface area contributed by atoms with Crippen LogP contribution in [0.4, 0.5) is 5.69 Å². The third-order valence-electron chi connectivity index (χ3n) is 6.42. The van der Waals surface area contributed by atoms with Crippen molar-refractivity contribution in [3.8, 4) is 5.75 Å². The molecule has 0 heterocycles. The SMILES string of the molecule is CCN(CC)CCN(c1ccc(C(O)(Cc2ccc(OC)cc2)c2ccccc2)cc1)S(C)(=O)=O. The van der Waals surface area contributed by atoms with E-state index in [4.69, 9.17) is 4.74 Å². The molecule has 0 saturated heterocycles. The molecule has 0 fully saturated rings. The summed E-state index contributed by atoms with van der Waals surface area (Å²) < 4.78 is 31.8. The van der Waals surface area contributed by atoms with Crippen molar-refractivity contribution in [2.24, 2.45) is 0 Å². The molecule has 3 aromatic rings. The van der Waals surface area contributed by atoms with E-state index in [1.165, 1.54) is 10.6 Å². The van der Waals surface area contributed by atoms with Crippen LogP contribution < -0.4 is 9.04 Å². The molecule has 3 rings (SSSR count). The lowest BCUT2D eigenvalue weighted by Gasteiger charge is -2.31. The van der Waals surface area contributed by atoms with E-state index in [0.29, 0.717) is 30.8 Å². The molecule has 35 heavy (non-hydrogen) atoms. The first-order valence-electron chi connectivity index (χ1n) is 11.9. The number of anilines is 1. The Balaban J connectivity index is 1.95. The van der Waals surface area contributed by atoms with Gasteiger partial charge in [0.25, 0.3) is 0 Å². The molecule has 7 heteroatoms. The largest absolute Gasteiger partial charge is 0.497 e. The Hall–Kier alpha value is -2.87. The lowest BCUT2D eigenvalue weighted by atomic mass is 9.81. The van der Waals surface area contributed by atoms with Gasteiger partial charge in [0, 0.05) is 19.5 Å². The highest BCUT2D eigenvalue weighted by molar-refractivity contribution is 7.92. The number of sulfonamides is 1. The minimum absolute atomic E-state index is 0.359. The molecule has 0 aliphatic rings. The van der Waals surface area contributed by atoms with Gasteiger partial charge in [-0.25, -0.2) is 8.42 Å². The number of rotatable bonds is 12.